The molecule has 5 heteroatoms. The Morgan fingerprint density at radius 3 is 2.26 bits per heavy atom. The molecular formula is C18H22N2O2S. The summed E-state index contributed by atoms with van der Waals surface area (Å²) in [6.07, 6.45) is 0. The lowest BCUT2D eigenvalue weighted by Crippen LogP contribution is -2.49. The average molecular weight is 330 g/mol. The highest BCUT2D eigenvalue weighted by Crippen LogP contribution is 2.30. The van der Waals surface area contributed by atoms with Crippen LogP contribution >= 0.6 is 0 Å². The zero-order valence-electron chi connectivity index (χ0n) is 13.5. The van der Waals surface area contributed by atoms with E-state index in [-0.39, 0.29) is 6.04 Å². The maximum absolute atomic E-state index is 13.1. The number of sulfonamides is 1. The van der Waals surface area contributed by atoms with E-state index in [1.165, 1.54) is 0 Å². The average Bonchev–Trinajstić information content (AvgIpc) is 2.56. The van der Waals surface area contributed by atoms with Crippen molar-refractivity contribution in [3.8, 4) is 0 Å². The van der Waals surface area contributed by atoms with Gasteiger partial charge in [0.1, 0.15) is 0 Å². The van der Waals surface area contributed by atoms with Crippen LogP contribution in [0.1, 0.15) is 17.2 Å². The Morgan fingerprint density at radius 1 is 0.957 bits per heavy atom. The van der Waals surface area contributed by atoms with Gasteiger partial charge in [-0.05, 0) is 31.7 Å². The van der Waals surface area contributed by atoms with E-state index in [1.807, 2.05) is 56.4 Å². The Bertz CT molecular complexity index is 757. The van der Waals surface area contributed by atoms with Crippen LogP contribution in [0.5, 0.6) is 0 Å². The van der Waals surface area contributed by atoms with Gasteiger partial charge in [-0.1, -0.05) is 48.0 Å². The van der Waals surface area contributed by atoms with Crippen molar-refractivity contribution in [3.63, 3.8) is 0 Å². The molecule has 0 unspecified atom stereocenters. The minimum absolute atomic E-state index is 0.152. The molecule has 0 N–H and O–H groups in total. The summed E-state index contributed by atoms with van der Waals surface area (Å²) < 4.78 is 27.8. The molecule has 4 nitrogen and oxygen atoms in total. The molecule has 122 valence electrons. The van der Waals surface area contributed by atoms with Crippen LogP contribution in [0, 0.1) is 6.92 Å². The molecule has 2 aromatic carbocycles. The van der Waals surface area contributed by atoms with Crippen molar-refractivity contribution in [1.29, 1.82) is 0 Å². The summed E-state index contributed by atoms with van der Waals surface area (Å²) in [6.45, 7) is 3.91. The molecule has 1 saturated heterocycles. The van der Waals surface area contributed by atoms with Gasteiger partial charge >= 0.3 is 0 Å². The molecule has 0 saturated carbocycles. The first-order valence-electron chi connectivity index (χ1n) is 7.80. The predicted molar refractivity (Wildman–Crippen MR) is 91.8 cm³/mol. The van der Waals surface area contributed by atoms with Gasteiger partial charge in [0.25, 0.3) is 0 Å². The van der Waals surface area contributed by atoms with E-state index in [2.05, 4.69) is 4.90 Å². The third-order valence-electron chi connectivity index (χ3n) is 4.35. The van der Waals surface area contributed by atoms with Crippen molar-refractivity contribution in [2.24, 2.45) is 0 Å². The fourth-order valence-corrected chi connectivity index (χ4v) is 4.58. The minimum atomic E-state index is -3.49. The first-order chi connectivity index (χ1) is 11.0. The highest BCUT2D eigenvalue weighted by atomic mass is 32.2. The standard InChI is InChI=1S/C18H22N2O2S/c1-15-8-10-17(11-9-15)23(21,22)20-13-12-19(2)14-18(20)16-6-4-3-5-7-16/h3-11,18H,12-14H2,1-2H3/t18-/m1/s1. The van der Waals surface area contributed by atoms with Gasteiger partial charge in [-0.15, -0.1) is 0 Å². The van der Waals surface area contributed by atoms with E-state index in [0.717, 1.165) is 17.7 Å². The van der Waals surface area contributed by atoms with Gasteiger partial charge in [0.05, 0.1) is 10.9 Å². The van der Waals surface area contributed by atoms with E-state index in [1.54, 1.807) is 16.4 Å². The fourth-order valence-electron chi connectivity index (χ4n) is 2.98. The van der Waals surface area contributed by atoms with Crippen LogP contribution in [0.3, 0.4) is 0 Å². The molecule has 1 fully saturated rings. The van der Waals surface area contributed by atoms with Crippen LogP contribution in [-0.4, -0.2) is 44.3 Å². The summed E-state index contributed by atoms with van der Waals surface area (Å²) >= 11 is 0. The lowest BCUT2D eigenvalue weighted by Gasteiger charge is -2.39. The molecule has 2 aromatic rings. The first kappa shape index (κ1) is 16.2. The Kier molecular flexibility index (Phi) is 4.53. The van der Waals surface area contributed by atoms with Gasteiger partial charge in [-0.3, -0.25) is 0 Å². The molecule has 0 bridgehead atoms. The van der Waals surface area contributed by atoms with E-state index in [9.17, 15) is 8.42 Å². The smallest absolute Gasteiger partial charge is 0.243 e. The molecule has 23 heavy (non-hydrogen) atoms. The monoisotopic (exact) mass is 330 g/mol. The number of hydrogen-bond donors (Lipinski definition) is 0. The van der Waals surface area contributed by atoms with Crippen molar-refractivity contribution in [3.05, 3.63) is 65.7 Å². The van der Waals surface area contributed by atoms with Crippen molar-refractivity contribution in [2.45, 2.75) is 17.9 Å². The molecule has 1 atom stereocenters. The summed E-state index contributed by atoms with van der Waals surface area (Å²) in [5, 5.41) is 0. The van der Waals surface area contributed by atoms with Gasteiger partial charge in [0.15, 0.2) is 0 Å². The van der Waals surface area contributed by atoms with Gasteiger partial charge < -0.3 is 4.90 Å². The normalized spacial score (nSPS) is 20.5. The van der Waals surface area contributed by atoms with Crippen molar-refractivity contribution < 1.29 is 8.42 Å². The Balaban J connectivity index is 1.99. The predicted octanol–water partition coefficient (Wildman–Crippen LogP) is 2.67. The minimum Gasteiger partial charge on any atom is -0.303 e. The summed E-state index contributed by atoms with van der Waals surface area (Å²) in [4.78, 5) is 2.55. The topological polar surface area (TPSA) is 40.6 Å². The fraction of sp³-hybridized carbons (Fsp3) is 0.333. The highest BCUT2D eigenvalue weighted by Gasteiger charge is 2.35. The number of likely N-dealkylation sites (N-methyl/N-ethyl adjacent to an activating group) is 1. The largest absolute Gasteiger partial charge is 0.303 e. The zero-order valence-corrected chi connectivity index (χ0v) is 14.3. The maximum atomic E-state index is 13.1. The maximum Gasteiger partial charge on any atom is 0.243 e. The molecule has 0 spiro atoms. The Labute approximate surface area is 138 Å². The van der Waals surface area contributed by atoms with Gasteiger partial charge in [-0.25, -0.2) is 8.42 Å². The number of rotatable bonds is 3. The van der Waals surface area contributed by atoms with Crippen molar-refractivity contribution in [2.75, 3.05) is 26.7 Å². The quantitative estimate of drug-likeness (QED) is 0.869. The molecular weight excluding hydrogens is 308 g/mol. The van der Waals surface area contributed by atoms with Crippen LogP contribution < -0.4 is 0 Å². The first-order valence-corrected chi connectivity index (χ1v) is 9.24. The van der Waals surface area contributed by atoms with Crippen molar-refractivity contribution in [1.82, 2.24) is 9.21 Å². The van der Waals surface area contributed by atoms with E-state index in [4.69, 9.17) is 0 Å². The van der Waals surface area contributed by atoms with Crippen LogP contribution in [0.2, 0.25) is 0 Å². The molecule has 0 radical (unpaired) electrons. The molecule has 1 heterocycles. The molecule has 1 aliphatic rings. The second-order valence-electron chi connectivity index (χ2n) is 6.12. The summed E-state index contributed by atoms with van der Waals surface area (Å²) in [5.41, 5.74) is 2.09. The van der Waals surface area contributed by atoms with Crippen molar-refractivity contribution >= 4 is 10.0 Å². The lowest BCUT2D eigenvalue weighted by molar-refractivity contribution is 0.160. The Hall–Kier alpha value is -1.69. The van der Waals surface area contributed by atoms with E-state index >= 15 is 0 Å². The summed E-state index contributed by atoms with van der Waals surface area (Å²) in [6, 6.07) is 16.8. The highest BCUT2D eigenvalue weighted by molar-refractivity contribution is 7.89. The SMILES string of the molecule is Cc1ccc(S(=O)(=O)N2CCN(C)C[C@@H]2c2ccccc2)cc1. The molecule has 0 amide bonds. The second-order valence-corrected chi connectivity index (χ2v) is 8.01. The number of piperazine rings is 1. The number of benzene rings is 2. The van der Waals surface area contributed by atoms with Gasteiger partial charge in [-0.2, -0.15) is 4.31 Å². The van der Waals surface area contributed by atoms with E-state index in [0.29, 0.717) is 18.0 Å². The number of hydrogen-bond acceptors (Lipinski definition) is 3. The molecule has 3 rings (SSSR count). The Morgan fingerprint density at radius 2 is 1.61 bits per heavy atom. The van der Waals surface area contributed by atoms with Crippen LogP contribution in [0.15, 0.2) is 59.5 Å². The zero-order chi connectivity index (χ0) is 16.4. The van der Waals surface area contributed by atoms with Crippen LogP contribution in [0.4, 0.5) is 0 Å². The molecule has 0 aliphatic carbocycles. The van der Waals surface area contributed by atoms with Crippen LogP contribution in [-0.2, 0) is 10.0 Å². The number of nitrogens with zero attached hydrogens (tertiary/aromatic N) is 2. The molecule has 1 aliphatic heterocycles. The van der Waals surface area contributed by atoms with E-state index < -0.39 is 10.0 Å². The summed E-state index contributed by atoms with van der Waals surface area (Å²) in [5.74, 6) is 0. The molecule has 0 aromatic heterocycles. The number of aryl methyl sites for hydroxylation is 1. The summed E-state index contributed by atoms with van der Waals surface area (Å²) in [7, 11) is -1.46. The van der Waals surface area contributed by atoms with Gasteiger partial charge in [0.2, 0.25) is 10.0 Å². The van der Waals surface area contributed by atoms with Crippen LogP contribution in [0.25, 0.3) is 0 Å². The lowest BCUT2D eigenvalue weighted by atomic mass is 10.1. The third kappa shape index (κ3) is 3.32. The second kappa shape index (κ2) is 6.43. The van der Waals surface area contributed by atoms with Gasteiger partial charge in [0, 0.05) is 19.6 Å². The third-order valence-corrected chi connectivity index (χ3v) is 6.27.